The first-order valence-corrected chi connectivity index (χ1v) is 6.22. The van der Waals surface area contributed by atoms with E-state index in [2.05, 4.69) is 10.6 Å². The normalized spacial score (nSPS) is 11.8. The summed E-state index contributed by atoms with van der Waals surface area (Å²) in [6.07, 6.45) is 0. The van der Waals surface area contributed by atoms with Crippen LogP contribution in [0.5, 0.6) is 0 Å². The third-order valence-electron chi connectivity index (χ3n) is 2.09. The van der Waals surface area contributed by atoms with E-state index in [1.807, 2.05) is 0 Å². The molecular weight excluding hydrogens is 298 g/mol. The van der Waals surface area contributed by atoms with Crippen LogP contribution in [0.25, 0.3) is 0 Å². The lowest BCUT2D eigenvalue weighted by Gasteiger charge is -2.10. The number of carbonyl (C=O) groups excluding carboxylic acids is 2. The number of halogens is 3. The predicted octanol–water partition coefficient (Wildman–Crippen LogP) is 3.58. The van der Waals surface area contributed by atoms with Crippen LogP contribution in [0.4, 0.5) is 10.5 Å². The molecule has 0 heterocycles. The molecule has 0 spiro atoms. The summed E-state index contributed by atoms with van der Waals surface area (Å²) in [7, 11) is 0. The number of amides is 3. The largest absolute Gasteiger partial charge is 0.325 e. The van der Waals surface area contributed by atoms with Gasteiger partial charge in [0.15, 0.2) is 0 Å². The molecule has 1 aromatic rings. The van der Waals surface area contributed by atoms with Gasteiger partial charge in [0, 0.05) is 5.02 Å². The van der Waals surface area contributed by atoms with E-state index in [9.17, 15) is 9.59 Å². The Kier molecular flexibility index (Phi) is 5.26. The van der Waals surface area contributed by atoms with Crippen LogP contribution in [0.3, 0.4) is 0 Å². The fourth-order valence-corrected chi connectivity index (χ4v) is 1.59. The second kappa shape index (κ2) is 6.27. The van der Waals surface area contributed by atoms with Crippen molar-refractivity contribution in [3.8, 4) is 0 Å². The predicted molar refractivity (Wildman–Crippen MR) is 73.7 cm³/mol. The molecule has 0 aliphatic rings. The number of rotatable bonds is 2. The van der Waals surface area contributed by atoms with E-state index in [-0.39, 0.29) is 0 Å². The highest BCUT2D eigenvalue weighted by Crippen LogP contribution is 2.28. The molecule has 1 unspecified atom stereocenters. The van der Waals surface area contributed by atoms with Gasteiger partial charge in [-0.3, -0.25) is 10.1 Å². The number of aryl methyl sites for hydroxylation is 1. The third kappa shape index (κ3) is 4.05. The van der Waals surface area contributed by atoms with Crippen molar-refractivity contribution in [1.29, 1.82) is 0 Å². The maximum atomic E-state index is 11.5. The van der Waals surface area contributed by atoms with E-state index < -0.39 is 17.3 Å². The van der Waals surface area contributed by atoms with Gasteiger partial charge >= 0.3 is 6.03 Å². The van der Waals surface area contributed by atoms with Crippen molar-refractivity contribution in [3.05, 3.63) is 27.7 Å². The average molecular weight is 310 g/mol. The molecule has 98 valence electrons. The molecule has 0 bridgehead atoms. The molecule has 1 aromatic carbocycles. The van der Waals surface area contributed by atoms with Crippen LogP contribution in [-0.4, -0.2) is 17.3 Å². The molecule has 0 saturated heterocycles. The van der Waals surface area contributed by atoms with E-state index in [0.717, 1.165) is 5.56 Å². The molecule has 0 fully saturated rings. The Hall–Kier alpha value is -0.970. The minimum absolute atomic E-state index is 0.319. The SMILES string of the molecule is Cc1cc(Cl)c(NC(=O)NC(=O)C(C)Cl)cc1Cl. The van der Waals surface area contributed by atoms with Crippen molar-refractivity contribution in [2.24, 2.45) is 0 Å². The first kappa shape index (κ1) is 15.1. The summed E-state index contributed by atoms with van der Waals surface area (Å²) < 4.78 is 0. The van der Waals surface area contributed by atoms with Gasteiger partial charge in [-0.05, 0) is 31.5 Å². The molecular formula is C11H11Cl3N2O2. The Bertz CT molecular complexity index is 489. The molecule has 0 saturated carbocycles. The zero-order chi connectivity index (χ0) is 13.9. The van der Waals surface area contributed by atoms with Gasteiger partial charge in [0.2, 0.25) is 5.91 Å². The molecule has 2 N–H and O–H groups in total. The number of hydrogen-bond acceptors (Lipinski definition) is 2. The summed E-state index contributed by atoms with van der Waals surface area (Å²) in [6.45, 7) is 3.25. The zero-order valence-corrected chi connectivity index (χ0v) is 12.0. The Labute approximate surface area is 120 Å². The molecule has 0 radical (unpaired) electrons. The van der Waals surface area contributed by atoms with Gasteiger partial charge < -0.3 is 5.32 Å². The second-order valence-electron chi connectivity index (χ2n) is 3.64. The van der Waals surface area contributed by atoms with Crippen molar-refractivity contribution in [1.82, 2.24) is 5.32 Å². The number of anilines is 1. The molecule has 0 aromatic heterocycles. The Morgan fingerprint density at radius 3 is 2.39 bits per heavy atom. The number of alkyl halides is 1. The number of urea groups is 1. The fourth-order valence-electron chi connectivity index (χ4n) is 1.11. The topological polar surface area (TPSA) is 58.2 Å². The van der Waals surface area contributed by atoms with E-state index in [1.54, 1.807) is 13.0 Å². The van der Waals surface area contributed by atoms with Crippen molar-refractivity contribution in [2.45, 2.75) is 19.2 Å². The van der Waals surface area contributed by atoms with E-state index in [0.29, 0.717) is 15.7 Å². The number of nitrogens with one attached hydrogen (secondary N) is 2. The Morgan fingerprint density at radius 2 is 1.83 bits per heavy atom. The van der Waals surface area contributed by atoms with Crippen LogP contribution >= 0.6 is 34.8 Å². The second-order valence-corrected chi connectivity index (χ2v) is 5.11. The van der Waals surface area contributed by atoms with Crippen molar-refractivity contribution in [2.75, 3.05) is 5.32 Å². The van der Waals surface area contributed by atoms with Crippen LogP contribution < -0.4 is 10.6 Å². The lowest BCUT2D eigenvalue weighted by molar-refractivity contribution is -0.119. The quantitative estimate of drug-likeness (QED) is 0.820. The van der Waals surface area contributed by atoms with Crippen molar-refractivity contribution >= 4 is 52.4 Å². The van der Waals surface area contributed by atoms with Crippen LogP contribution in [0.1, 0.15) is 12.5 Å². The standard InChI is InChI=1S/C11H11Cl3N2O2/c1-5-3-8(14)9(4-7(5)13)15-11(18)16-10(17)6(2)12/h3-4,6H,1-2H3,(H2,15,16,17,18). The molecule has 1 rings (SSSR count). The summed E-state index contributed by atoms with van der Waals surface area (Å²) in [5.41, 5.74) is 1.11. The van der Waals surface area contributed by atoms with Gasteiger partial charge in [-0.25, -0.2) is 4.79 Å². The molecule has 1 atom stereocenters. The maximum Gasteiger partial charge on any atom is 0.325 e. The van der Waals surface area contributed by atoms with Crippen molar-refractivity contribution < 1.29 is 9.59 Å². The number of imide groups is 1. The maximum absolute atomic E-state index is 11.5. The average Bonchev–Trinajstić information content (AvgIpc) is 2.25. The van der Waals surface area contributed by atoms with Gasteiger partial charge in [-0.1, -0.05) is 23.2 Å². The number of hydrogen-bond donors (Lipinski definition) is 2. The summed E-state index contributed by atoms with van der Waals surface area (Å²) in [5, 5.41) is 4.48. The number of carbonyl (C=O) groups is 2. The molecule has 0 aliphatic carbocycles. The van der Waals surface area contributed by atoms with Gasteiger partial charge in [-0.15, -0.1) is 11.6 Å². The molecule has 7 heteroatoms. The van der Waals surface area contributed by atoms with E-state index in [4.69, 9.17) is 34.8 Å². The molecule has 3 amide bonds. The minimum atomic E-state index is -0.798. The molecule has 0 aliphatic heterocycles. The van der Waals surface area contributed by atoms with E-state index >= 15 is 0 Å². The van der Waals surface area contributed by atoms with Gasteiger partial charge in [-0.2, -0.15) is 0 Å². The summed E-state index contributed by atoms with van der Waals surface area (Å²) in [6, 6.07) is 2.41. The summed E-state index contributed by atoms with van der Waals surface area (Å²) in [5.74, 6) is -0.594. The van der Waals surface area contributed by atoms with E-state index in [1.165, 1.54) is 13.0 Å². The third-order valence-corrected chi connectivity index (χ3v) is 3.01. The van der Waals surface area contributed by atoms with Gasteiger partial charge in [0.05, 0.1) is 10.7 Å². The Balaban J connectivity index is 2.76. The highest BCUT2D eigenvalue weighted by atomic mass is 35.5. The lowest BCUT2D eigenvalue weighted by atomic mass is 10.2. The molecule has 18 heavy (non-hydrogen) atoms. The van der Waals surface area contributed by atoms with Crippen molar-refractivity contribution in [3.63, 3.8) is 0 Å². The smallest absolute Gasteiger partial charge is 0.306 e. The van der Waals surface area contributed by atoms with Crippen LogP contribution in [0, 0.1) is 6.92 Å². The van der Waals surface area contributed by atoms with Crippen LogP contribution in [0.2, 0.25) is 10.0 Å². The number of benzene rings is 1. The molecule has 4 nitrogen and oxygen atoms in total. The highest BCUT2D eigenvalue weighted by Gasteiger charge is 2.14. The van der Waals surface area contributed by atoms with Crippen LogP contribution in [-0.2, 0) is 4.79 Å². The monoisotopic (exact) mass is 308 g/mol. The van der Waals surface area contributed by atoms with Gasteiger partial charge in [0.1, 0.15) is 5.38 Å². The Morgan fingerprint density at radius 1 is 1.22 bits per heavy atom. The summed E-state index contributed by atoms with van der Waals surface area (Å²) >= 11 is 17.4. The first-order chi connectivity index (χ1) is 8.31. The highest BCUT2D eigenvalue weighted by molar-refractivity contribution is 6.36. The van der Waals surface area contributed by atoms with Gasteiger partial charge in [0.25, 0.3) is 0 Å². The first-order valence-electron chi connectivity index (χ1n) is 5.03. The fraction of sp³-hybridized carbons (Fsp3) is 0.273. The minimum Gasteiger partial charge on any atom is -0.306 e. The lowest BCUT2D eigenvalue weighted by Crippen LogP contribution is -2.38. The van der Waals surface area contributed by atoms with Crippen LogP contribution in [0.15, 0.2) is 12.1 Å². The zero-order valence-electron chi connectivity index (χ0n) is 9.68. The summed E-state index contributed by atoms with van der Waals surface area (Å²) in [4.78, 5) is 22.7.